The maximum absolute atomic E-state index is 12.3. The Kier molecular flexibility index (Phi) is 3.68. The van der Waals surface area contributed by atoms with Crippen LogP contribution < -0.4 is 10.2 Å². The smallest absolute Gasteiger partial charge is 0.269 e. The van der Waals surface area contributed by atoms with Crippen LogP contribution in [-0.4, -0.2) is 40.1 Å². The Morgan fingerprint density at radius 2 is 2.20 bits per heavy atom. The zero-order valence-corrected chi connectivity index (χ0v) is 13.7. The minimum atomic E-state index is -0.262. The fourth-order valence-corrected chi connectivity index (χ4v) is 3.10. The number of hydrogen-bond acceptors (Lipinski definition) is 4. The minimum absolute atomic E-state index is 0.0593. The molecule has 3 aromatic rings. The van der Waals surface area contributed by atoms with Crippen molar-refractivity contribution in [3.63, 3.8) is 0 Å². The molecule has 7 heteroatoms. The van der Waals surface area contributed by atoms with E-state index in [1.54, 1.807) is 17.2 Å². The average molecular weight is 335 g/mol. The lowest BCUT2D eigenvalue weighted by Crippen LogP contribution is -2.36. The Morgan fingerprint density at radius 3 is 3.08 bits per heavy atom. The van der Waals surface area contributed by atoms with Crippen molar-refractivity contribution < 1.29 is 9.59 Å². The number of benzene rings is 1. The lowest BCUT2D eigenvalue weighted by Gasteiger charge is -2.17. The van der Waals surface area contributed by atoms with Crippen LogP contribution in [-0.2, 0) is 11.2 Å². The molecule has 0 saturated carbocycles. The number of fused-ring (bicyclic) bond motifs is 2. The number of nitrogens with zero attached hydrogens (tertiary/aromatic N) is 3. The quantitative estimate of drug-likeness (QED) is 0.757. The number of carbonyl (C=O) groups excluding carboxylic acids is 2. The van der Waals surface area contributed by atoms with E-state index in [2.05, 4.69) is 20.5 Å². The maximum atomic E-state index is 12.3. The number of para-hydroxylation sites is 1. The van der Waals surface area contributed by atoms with Crippen LogP contribution in [0.2, 0.25) is 0 Å². The molecule has 126 valence electrons. The van der Waals surface area contributed by atoms with E-state index >= 15 is 0 Å². The fraction of sp³-hybridized carbons (Fsp3) is 0.222. The summed E-state index contributed by atoms with van der Waals surface area (Å²) in [6.07, 6.45) is 2.00. The lowest BCUT2D eigenvalue weighted by molar-refractivity contribution is -0.117. The maximum Gasteiger partial charge on any atom is 0.269 e. The first-order chi connectivity index (χ1) is 12.1. The third kappa shape index (κ3) is 2.73. The van der Waals surface area contributed by atoms with Gasteiger partial charge in [-0.15, -0.1) is 0 Å². The SMILES string of the molecule is Cc1[nH]nc2cnc(C(=O)NCCN3C(=O)Cc4ccccc43)cc12. The first-order valence-corrected chi connectivity index (χ1v) is 8.10. The van der Waals surface area contributed by atoms with E-state index in [4.69, 9.17) is 0 Å². The monoisotopic (exact) mass is 335 g/mol. The summed E-state index contributed by atoms with van der Waals surface area (Å²) in [6.45, 7) is 2.70. The largest absolute Gasteiger partial charge is 0.349 e. The van der Waals surface area contributed by atoms with Gasteiger partial charge in [-0.1, -0.05) is 18.2 Å². The van der Waals surface area contributed by atoms with Gasteiger partial charge in [0.25, 0.3) is 5.91 Å². The van der Waals surface area contributed by atoms with E-state index in [9.17, 15) is 9.59 Å². The molecule has 3 heterocycles. The Balaban J connectivity index is 1.42. The normalized spacial score (nSPS) is 13.3. The summed E-state index contributed by atoms with van der Waals surface area (Å²) in [4.78, 5) is 30.3. The molecule has 0 spiro atoms. The van der Waals surface area contributed by atoms with E-state index in [0.717, 1.165) is 27.8 Å². The molecular weight excluding hydrogens is 318 g/mol. The van der Waals surface area contributed by atoms with Gasteiger partial charge in [0.15, 0.2) is 0 Å². The predicted molar refractivity (Wildman–Crippen MR) is 93.5 cm³/mol. The average Bonchev–Trinajstić information content (AvgIpc) is 3.15. The molecule has 7 nitrogen and oxygen atoms in total. The number of rotatable bonds is 4. The number of carbonyl (C=O) groups is 2. The number of aryl methyl sites for hydroxylation is 1. The van der Waals surface area contributed by atoms with Crippen LogP contribution in [0.25, 0.3) is 10.9 Å². The summed E-state index contributed by atoms with van der Waals surface area (Å²) in [6, 6.07) is 9.45. The van der Waals surface area contributed by atoms with Gasteiger partial charge in [0, 0.05) is 29.9 Å². The Morgan fingerprint density at radius 1 is 1.36 bits per heavy atom. The molecular formula is C18H17N5O2. The molecule has 0 atom stereocenters. The highest BCUT2D eigenvalue weighted by atomic mass is 16.2. The number of amides is 2. The van der Waals surface area contributed by atoms with Crippen molar-refractivity contribution in [1.29, 1.82) is 0 Å². The zero-order valence-electron chi connectivity index (χ0n) is 13.7. The Bertz CT molecular complexity index is 979. The molecule has 0 bridgehead atoms. The van der Waals surface area contributed by atoms with Crippen molar-refractivity contribution in [3.8, 4) is 0 Å². The molecule has 2 N–H and O–H groups in total. The fourth-order valence-electron chi connectivity index (χ4n) is 3.10. The van der Waals surface area contributed by atoms with E-state index in [1.165, 1.54) is 0 Å². The summed E-state index contributed by atoms with van der Waals surface area (Å²) >= 11 is 0. The van der Waals surface area contributed by atoms with E-state index < -0.39 is 0 Å². The van der Waals surface area contributed by atoms with Gasteiger partial charge in [-0.05, 0) is 24.6 Å². The van der Waals surface area contributed by atoms with Gasteiger partial charge in [-0.25, -0.2) is 4.98 Å². The molecule has 2 aromatic heterocycles. The summed E-state index contributed by atoms with van der Waals surface area (Å²) < 4.78 is 0. The summed E-state index contributed by atoms with van der Waals surface area (Å²) in [5.41, 5.74) is 3.92. The van der Waals surface area contributed by atoms with E-state index in [0.29, 0.717) is 25.2 Å². The highest BCUT2D eigenvalue weighted by molar-refractivity contribution is 6.01. The molecule has 1 aliphatic rings. The zero-order chi connectivity index (χ0) is 17.4. The van der Waals surface area contributed by atoms with E-state index in [1.807, 2.05) is 31.2 Å². The minimum Gasteiger partial charge on any atom is -0.349 e. The van der Waals surface area contributed by atoms with Crippen molar-refractivity contribution in [3.05, 3.63) is 53.5 Å². The van der Waals surface area contributed by atoms with Crippen LogP contribution in [0.15, 0.2) is 36.5 Å². The van der Waals surface area contributed by atoms with Crippen molar-refractivity contribution in [2.45, 2.75) is 13.3 Å². The number of anilines is 1. The third-order valence-corrected chi connectivity index (χ3v) is 4.41. The molecule has 25 heavy (non-hydrogen) atoms. The Hall–Kier alpha value is -3.22. The molecule has 0 saturated heterocycles. The van der Waals surface area contributed by atoms with Crippen LogP contribution in [0.4, 0.5) is 5.69 Å². The highest BCUT2D eigenvalue weighted by Gasteiger charge is 2.26. The second-order valence-electron chi connectivity index (χ2n) is 6.04. The Labute approximate surface area is 144 Å². The lowest BCUT2D eigenvalue weighted by atomic mass is 10.2. The molecule has 1 aliphatic heterocycles. The van der Waals surface area contributed by atoms with Crippen molar-refractivity contribution in [1.82, 2.24) is 20.5 Å². The number of pyridine rings is 1. The van der Waals surface area contributed by atoms with Gasteiger partial charge in [0.2, 0.25) is 5.91 Å². The van der Waals surface area contributed by atoms with Crippen LogP contribution in [0.1, 0.15) is 21.7 Å². The van der Waals surface area contributed by atoms with Gasteiger partial charge in [-0.2, -0.15) is 5.10 Å². The molecule has 0 radical (unpaired) electrons. The van der Waals surface area contributed by atoms with Crippen LogP contribution >= 0.6 is 0 Å². The molecule has 1 aromatic carbocycles. The first kappa shape index (κ1) is 15.3. The van der Waals surface area contributed by atoms with Gasteiger partial charge in [-0.3, -0.25) is 14.7 Å². The number of nitrogens with one attached hydrogen (secondary N) is 2. The molecule has 4 rings (SSSR count). The number of hydrogen-bond donors (Lipinski definition) is 2. The molecule has 0 aliphatic carbocycles. The van der Waals surface area contributed by atoms with Gasteiger partial charge >= 0.3 is 0 Å². The first-order valence-electron chi connectivity index (χ1n) is 8.10. The third-order valence-electron chi connectivity index (χ3n) is 4.41. The van der Waals surface area contributed by atoms with Gasteiger partial charge in [0.05, 0.1) is 12.6 Å². The van der Waals surface area contributed by atoms with E-state index in [-0.39, 0.29) is 11.8 Å². The summed E-state index contributed by atoms with van der Waals surface area (Å²) in [5.74, 6) is -0.202. The molecule has 0 unspecified atom stereocenters. The van der Waals surface area contributed by atoms with Crippen molar-refractivity contribution >= 4 is 28.4 Å². The van der Waals surface area contributed by atoms with Crippen molar-refractivity contribution in [2.75, 3.05) is 18.0 Å². The van der Waals surface area contributed by atoms with Gasteiger partial charge < -0.3 is 10.2 Å². The number of aromatic nitrogens is 3. The van der Waals surface area contributed by atoms with Crippen LogP contribution in [0, 0.1) is 6.92 Å². The molecule has 2 amide bonds. The second kappa shape index (κ2) is 6.01. The number of aromatic amines is 1. The topological polar surface area (TPSA) is 91.0 Å². The van der Waals surface area contributed by atoms with Crippen LogP contribution in [0.3, 0.4) is 0 Å². The predicted octanol–water partition coefficient (Wildman–Crippen LogP) is 1.59. The molecule has 0 fully saturated rings. The van der Waals surface area contributed by atoms with Gasteiger partial charge in [0.1, 0.15) is 11.2 Å². The summed E-state index contributed by atoms with van der Waals surface area (Å²) in [5, 5.41) is 10.7. The standard InChI is InChI=1S/C18H17N5O2/c1-11-13-9-14(20-10-15(13)22-21-11)18(25)19-6-7-23-16-5-3-2-4-12(16)8-17(23)24/h2-5,9-10H,6-8H2,1H3,(H,19,25)(H,21,22). The second-order valence-corrected chi connectivity index (χ2v) is 6.04. The van der Waals surface area contributed by atoms with Crippen molar-refractivity contribution in [2.24, 2.45) is 0 Å². The highest BCUT2D eigenvalue weighted by Crippen LogP contribution is 2.27. The number of H-pyrrole nitrogens is 1. The van der Waals surface area contributed by atoms with Crippen LogP contribution in [0.5, 0.6) is 0 Å². The summed E-state index contributed by atoms with van der Waals surface area (Å²) in [7, 11) is 0.